The van der Waals surface area contributed by atoms with Crippen LogP contribution in [0, 0.1) is 22.7 Å². The topological polar surface area (TPSA) is 66.4 Å². The number of nitrogens with one attached hydrogen (secondary N) is 1. The first-order valence-electron chi connectivity index (χ1n) is 12.4. The molecule has 176 valence electrons. The SMILES string of the molecule is C=C1CCC[C@H]2[C@](C)(CC3=C(O)C(NCCc4ccccc4)=CC(=O)C3=O)[C@@H](C)CC[C@@]12C. The largest absolute Gasteiger partial charge is 0.505 e. The van der Waals surface area contributed by atoms with Crippen LogP contribution in [0.2, 0.25) is 0 Å². The number of allylic oxidation sites excluding steroid dienone is 3. The van der Waals surface area contributed by atoms with Crippen molar-refractivity contribution in [1.29, 1.82) is 0 Å². The van der Waals surface area contributed by atoms with Crippen molar-refractivity contribution in [3.05, 3.63) is 71.2 Å². The van der Waals surface area contributed by atoms with Crippen molar-refractivity contribution in [3.8, 4) is 0 Å². The molecular formula is C29H37NO3. The Morgan fingerprint density at radius 2 is 1.88 bits per heavy atom. The van der Waals surface area contributed by atoms with Crippen molar-refractivity contribution in [2.45, 2.75) is 65.7 Å². The second kappa shape index (κ2) is 8.96. The molecule has 0 unspecified atom stereocenters. The summed E-state index contributed by atoms with van der Waals surface area (Å²) in [5.41, 5.74) is 3.02. The number of hydrogen-bond acceptors (Lipinski definition) is 4. The van der Waals surface area contributed by atoms with Gasteiger partial charge in [0.05, 0.1) is 5.70 Å². The van der Waals surface area contributed by atoms with Crippen molar-refractivity contribution in [1.82, 2.24) is 5.32 Å². The maximum atomic E-state index is 12.9. The van der Waals surface area contributed by atoms with E-state index in [4.69, 9.17) is 0 Å². The molecule has 0 bridgehead atoms. The number of ketones is 2. The van der Waals surface area contributed by atoms with Crippen molar-refractivity contribution in [3.63, 3.8) is 0 Å². The Balaban J connectivity index is 1.58. The second-order valence-corrected chi connectivity index (χ2v) is 10.8. The van der Waals surface area contributed by atoms with Gasteiger partial charge in [0.25, 0.3) is 0 Å². The highest BCUT2D eigenvalue weighted by atomic mass is 16.3. The van der Waals surface area contributed by atoms with Crippen LogP contribution >= 0.6 is 0 Å². The first-order chi connectivity index (χ1) is 15.7. The Hall–Kier alpha value is -2.62. The lowest BCUT2D eigenvalue weighted by molar-refractivity contribution is -0.132. The smallest absolute Gasteiger partial charge is 0.232 e. The number of aliphatic hydroxyl groups excluding tert-OH is 1. The van der Waals surface area contributed by atoms with Gasteiger partial charge in [-0.2, -0.15) is 0 Å². The summed E-state index contributed by atoms with van der Waals surface area (Å²) in [5.74, 6) is -0.379. The Kier molecular flexibility index (Phi) is 6.39. The van der Waals surface area contributed by atoms with Crippen LogP contribution in [-0.4, -0.2) is 23.2 Å². The number of carbonyl (C=O) groups is 2. The number of carbonyl (C=O) groups excluding carboxylic acids is 2. The zero-order valence-corrected chi connectivity index (χ0v) is 20.2. The van der Waals surface area contributed by atoms with Gasteiger partial charge in [-0.1, -0.05) is 63.3 Å². The van der Waals surface area contributed by atoms with Gasteiger partial charge in [-0.25, -0.2) is 0 Å². The van der Waals surface area contributed by atoms with Crippen LogP contribution < -0.4 is 5.32 Å². The Morgan fingerprint density at radius 3 is 2.61 bits per heavy atom. The van der Waals surface area contributed by atoms with Crippen LogP contribution in [0.15, 0.2) is 65.6 Å². The molecule has 0 spiro atoms. The molecule has 3 aliphatic carbocycles. The van der Waals surface area contributed by atoms with E-state index in [1.54, 1.807) is 0 Å². The molecule has 2 saturated carbocycles. The highest BCUT2D eigenvalue weighted by Crippen LogP contribution is 2.63. The van der Waals surface area contributed by atoms with Crippen LogP contribution in [0.5, 0.6) is 0 Å². The molecule has 3 aliphatic rings. The minimum absolute atomic E-state index is 0.0528. The van der Waals surface area contributed by atoms with E-state index in [9.17, 15) is 14.7 Å². The molecule has 0 aromatic heterocycles. The molecule has 1 aromatic carbocycles. The van der Waals surface area contributed by atoms with E-state index in [1.807, 2.05) is 30.3 Å². The lowest BCUT2D eigenvalue weighted by atomic mass is 9.46. The molecule has 33 heavy (non-hydrogen) atoms. The lowest BCUT2D eigenvalue weighted by Crippen LogP contribution is -2.51. The number of aliphatic hydroxyl groups is 1. The van der Waals surface area contributed by atoms with E-state index >= 15 is 0 Å². The minimum atomic E-state index is -0.559. The van der Waals surface area contributed by atoms with Crippen molar-refractivity contribution < 1.29 is 14.7 Å². The lowest BCUT2D eigenvalue weighted by Gasteiger charge is -2.59. The molecule has 0 radical (unpaired) electrons. The molecule has 4 atom stereocenters. The highest BCUT2D eigenvalue weighted by Gasteiger charge is 2.54. The van der Waals surface area contributed by atoms with E-state index in [-0.39, 0.29) is 22.2 Å². The van der Waals surface area contributed by atoms with Gasteiger partial charge in [0, 0.05) is 18.2 Å². The van der Waals surface area contributed by atoms with Crippen LogP contribution in [0.25, 0.3) is 0 Å². The maximum Gasteiger partial charge on any atom is 0.232 e. The zero-order valence-electron chi connectivity index (χ0n) is 20.2. The third kappa shape index (κ3) is 4.20. The molecule has 2 fully saturated rings. The van der Waals surface area contributed by atoms with Gasteiger partial charge in [0.15, 0.2) is 0 Å². The molecular weight excluding hydrogens is 410 g/mol. The Morgan fingerprint density at radius 1 is 1.15 bits per heavy atom. The standard InChI is InChI=1S/C29H37NO3/c1-19-9-8-12-25-28(19,3)15-13-20(2)29(25,4)18-22-26(32)23(17-24(31)27(22)33)30-16-14-21-10-6-5-7-11-21/h5-7,10-11,17,20,25,30,32H,1,8-9,12-16,18H2,2-4H3/t20-,25+,28-,29+/m0/s1. The van der Waals surface area contributed by atoms with Crippen LogP contribution in [0.4, 0.5) is 0 Å². The summed E-state index contributed by atoms with van der Waals surface area (Å²) in [6.07, 6.45) is 7.92. The maximum absolute atomic E-state index is 12.9. The fourth-order valence-electron chi connectivity index (χ4n) is 6.62. The van der Waals surface area contributed by atoms with Crippen LogP contribution in [0.3, 0.4) is 0 Å². The molecule has 1 aromatic rings. The van der Waals surface area contributed by atoms with Gasteiger partial charge in [-0.15, -0.1) is 0 Å². The highest BCUT2D eigenvalue weighted by molar-refractivity contribution is 6.48. The molecule has 0 amide bonds. The van der Waals surface area contributed by atoms with Crippen molar-refractivity contribution in [2.75, 3.05) is 6.54 Å². The normalized spacial score (nSPS) is 32.5. The summed E-state index contributed by atoms with van der Waals surface area (Å²) < 4.78 is 0. The van der Waals surface area contributed by atoms with Crippen molar-refractivity contribution >= 4 is 11.6 Å². The first-order valence-corrected chi connectivity index (χ1v) is 12.4. The Bertz CT molecular complexity index is 1020. The van der Waals surface area contributed by atoms with Gasteiger partial charge in [-0.05, 0) is 73.2 Å². The fraction of sp³-hybridized carbons (Fsp3) is 0.517. The second-order valence-electron chi connectivity index (χ2n) is 10.8. The van der Waals surface area contributed by atoms with Crippen molar-refractivity contribution in [2.24, 2.45) is 22.7 Å². The van der Waals surface area contributed by atoms with E-state index in [1.165, 1.54) is 17.2 Å². The molecule has 0 aliphatic heterocycles. The average Bonchev–Trinajstić information content (AvgIpc) is 2.80. The molecule has 4 rings (SSSR count). The number of benzene rings is 1. The van der Waals surface area contributed by atoms with Gasteiger partial charge in [0.2, 0.25) is 11.6 Å². The number of rotatable bonds is 6. The number of Topliss-reactive ketones (excluding diaryl/α,β-unsaturated/α-hetero) is 1. The average molecular weight is 448 g/mol. The quantitative estimate of drug-likeness (QED) is 0.326. The summed E-state index contributed by atoms with van der Waals surface area (Å²) >= 11 is 0. The van der Waals surface area contributed by atoms with Crippen LogP contribution in [0.1, 0.15) is 64.9 Å². The first kappa shape index (κ1) is 23.5. The fourth-order valence-corrected chi connectivity index (χ4v) is 6.62. The van der Waals surface area contributed by atoms with Crippen LogP contribution in [-0.2, 0) is 16.0 Å². The molecule has 4 heteroatoms. The molecule has 2 N–H and O–H groups in total. The van der Waals surface area contributed by atoms with E-state index in [0.29, 0.717) is 30.5 Å². The summed E-state index contributed by atoms with van der Waals surface area (Å²) in [4.78, 5) is 25.5. The predicted molar refractivity (Wildman–Crippen MR) is 132 cm³/mol. The van der Waals surface area contributed by atoms with Gasteiger partial charge < -0.3 is 10.4 Å². The summed E-state index contributed by atoms with van der Waals surface area (Å²) in [5, 5.41) is 14.3. The molecule has 0 saturated heterocycles. The van der Waals surface area contributed by atoms with E-state index < -0.39 is 11.6 Å². The van der Waals surface area contributed by atoms with E-state index in [0.717, 1.165) is 38.5 Å². The zero-order chi connectivity index (χ0) is 23.8. The predicted octanol–water partition coefficient (Wildman–Crippen LogP) is 5.86. The number of fused-ring (bicyclic) bond motifs is 1. The molecule has 4 nitrogen and oxygen atoms in total. The van der Waals surface area contributed by atoms with Gasteiger partial charge in [0.1, 0.15) is 5.76 Å². The molecule has 0 heterocycles. The summed E-state index contributed by atoms with van der Waals surface area (Å²) in [7, 11) is 0. The third-order valence-corrected chi connectivity index (χ3v) is 9.01. The monoisotopic (exact) mass is 447 g/mol. The van der Waals surface area contributed by atoms with Gasteiger partial charge >= 0.3 is 0 Å². The van der Waals surface area contributed by atoms with Gasteiger partial charge in [-0.3, -0.25) is 9.59 Å². The Labute approximate surface area is 197 Å². The number of hydrogen-bond donors (Lipinski definition) is 2. The van der Waals surface area contributed by atoms with E-state index in [2.05, 4.69) is 32.7 Å². The third-order valence-electron chi connectivity index (χ3n) is 9.01. The summed E-state index contributed by atoms with van der Waals surface area (Å²) in [6.45, 7) is 11.8. The minimum Gasteiger partial charge on any atom is -0.505 e. The summed E-state index contributed by atoms with van der Waals surface area (Å²) in [6, 6.07) is 10.1.